The first-order valence-electron chi connectivity index (χ1n) is 12.1. The van der Waals surface area contributed by atoms with Crippen molar-refractivity contribution in [3.05, 3.63) is 35.9 Å². The molecule has 1 rings (SSSR count). The van der Waals surface area contributed by atoms with Crippen molar-refractivity contribution < 1.29 is 28.1 Å². The third kappa shape index (κ3) is 12.2. The van der Waals surface area contributed by atoms with Crippen LogP contribution in [0.1, 0.15) is 81.7 Å². The molecule has 0 bridgehead atoms. The predicted octanol–water partition coefficient (Wildman–Crippen LogP) is 6.19. The predicted molar refractivity (Wildman–Crippen MR) is 140 cm³/mol. The number of rotatable bonds is 11. The number of carbonyl (C=O) groups excluding carboxylic acids is 2. The zero-order valence-corrected chi connectivity index (χ0v) is 24.1. The highest BCUT2D eigenvalue weighted by molar-refractivity contribution is 7.44. The Balaban J connectivity index is 3.18. The molecule has 200 valence electrons. The zero-order chi connectivity index (χ0) is 27.0. The lowest BCUT2D eigenvalue weighted by Gasteiger charge is -2.38. The molecule has 0 aliphatic rings. The molecule has 0 saturated carbocycles. The first-order valence-corrected chi connectivity index (χ1v) is 13.3. The van der Waals surface area contributed by atoms with Crippen molar-refractivity contribution in [2.24, 2.45) is 0 Å². The van der Waals surface area contributed by atoms with Crippen LogP contribution in [-0.4, -0.2) is 52.2 Å². The highest BCUT2D eigenvalue weighted by Crippen LogP contribution is 2.48. The summed E-state index contributed by atoms with van der Waals surface area (Å²) in [5.74, 6) is -0.602. The molecular formula is C26H45N2O6P. The molecule has 9 heteroatoms. The Morgan fingerprint density at radius 3 is 1.86 bits per heavy atom. The third-order valence-corrected chi connectivity index (χ3v) is 6.65. The SMILES string of the molecule is CC(C)N(C(C)C)P(OCc1ccccc1)O[C@H](C)[C@H](NC(=O)OC(C)(C)C)C(=O)OC(C)(C)C. The lowest BCUT2D eigenvalue weighted by molar-refractivity contribution is -0.159. The van der Waals surface area contributed by atoms with Gasteiger partial charge in [0, 0.05) is 12.1 Å². The summed E-state index contributed by atoms with van der Waals surface area (Å²) in [6.07, 6.45) is -1.47. The lowest BCUT2D eigenvalue weighted by atomic mass is 10.1. The molecule has 3 atom stereocenters. The van der Waals surface area contributed by atoms with E-state index in [-0.39, 0.29) is 12.1 Å². The average molecular weight is 513 g/mol. The number of carbonyl (C=O) groups is 2. The smallest absolute Gasteiger partial charge is 0.408 e. The second kappa shape index (κ2) is 13.5. The van der Waals surface area contributed by atoms with Gasteiger partial charge in [0.25, 0.3) is 8.53 Å². The number of nitrogens with one attached hydrogen (secondary N) is 1. The third-order valence-electron chi connectivity index (χ3n) is 4.49. The van der Waals surface area contributed by atoms with Gasteiger partial charge in [0.1, 0.15) is 11.2 Å². The molecule has 1 N–H and O–H groups in total. The van der Waals surface area contributed by atoms with E-state index in [2.05, 4.69) is 37.7 Å². The first kappa shape index (κ1) is 31.3. The Hall–Kier alpha value is -1.73. The summed E-state index contributed by atoms with van der Waals surface area (Å²) in [6.45, 7) is 21.0. The quantitative estimate of drug-likeness (QED) is 0.279. The van der Waals surface area contributed by atoms with Gasteiger partial charge in [0.05, 0.1) is 12.7 Å². The highest BCUT2D eigenvalue weighted by Gasteiger charge is 2.37. The number of hydrogen-bond acceptors (Lipinski definition) is 7. The molecule has 0 saturated heterocycles. The van der Waals surface area contributed by atoms with Gasteiger partial charge in [0.2, 0.25) is 0 Å². The summed E-state index contributed by atoms with van der Waals surface area (Å²) in [7, 11) is -1.57. The van der Waals surface area contributed by atoms with E-state index in [0.717, 1.165) is 5.56 Å². The number of amides is 1. The van der Waals surface area contributed by atoms with Gasteiger partial charge in [-0.3, -0.25) is 0 Å². The average Bonchev–Trinajstić information content (AvgIpc) is 2.67. The summed E-state index contributed by atoms with van der Waals surface area (Å²) >= 11 is 0. The molecule has 1 amide bonds. The lowest BCUT2D eigenvalue weighted by Crippen LogP contribution is -2.52. The Kier molecular flexibility index (Phi) is 12.1. The molecule has 0 aliphatic heterocycles. The van der Waals surface area contributed by atoms with Gasteiger partial charge in [-0.05, 0) is 81.7 Å². The van der Waals surface area contributed by atoms with E-state index in [1.807, 2.05) is 30.3 Å². The van der Waals surface area contributed by atoms with Crippen LogP contribution < -0.4 is 5.32 Å². The maximum Gasteiger partial charge on any atom is 0.408 e. The van der Waals surface area contributed by atoms with Crippen LogP contribution in [0.15, 0.2) is 30.3 Å². The molecule has 35 heavy (non-hydrogen) atoms. The van der Waals surface area contributed by atoms with Crippen LogP contribution in [0.5, 0.6) is 0 Å². The van der Waals surface area contributed by atoms with Crippen LogP contribution in [-0.2, 0) is 29.9 Å². The van der Waals surface area contributed by atoms with Crippen LogP contribution >= 0.6 is 8.53 Å². The Bertz CT molecular complexity index is 781. The minimum Gasteiger partial charge on any atom is -0.458 e. The van der Waals surface area contributed by atoms with Gasteiger partial charge in [-0.15, -0.1) is 0 Å². The van der Waals surface area contributed by atoms with Gasteiger partial charge in [-0.25, -0.2) is 14.3 Å². The molecule has 0 aliphatic carbocycles. The van der Waals surface area contributed by atoms with E-state index in [1.54, 1.807) is 48.5 Å². The van der Waals surface area contributed by atoms with Crippen molar-refractivity contribution in [3.8, 4) is 0 Å². The molecule has 0 radical (unpaired) electrons. The van der Waals surface area contributed by atoms with E-state index in [1.165, 1.54) is 0 Å². The van der Waals surface area contributed by atoms with Crippen molar-refractivity contribution in [3.63, 3.8) is 0 Å². The van der Waals surface area contributed by atoms with Crippen molar-refractivity contribution in [2.75, 3.05) is 0 Å². The van der Waals surface area contributed by atoms with Crippen LogP contribution in [0.4, 0.5) is 4.79 Å². The summed E-state index contributed by atoms with van der Waals surface area (Å²) in [5, 5.41) is 2.65. The minimum atomic E-state index is -1.57. The summed E-state index contributed by atoms with van der Waals surface area (Å²) in [4.78, 5) is 25.6. The molecule has 0 aromatic heterocycles. The fourth-order valence-corrected chi connectivity index (χ4v) is 4.92. The van der Waals surface area contributed by atoms with E-state index in [0.29, 0.717) is 6.61 Å². The molecule has 1 aromatic rings. The van der Waals surface area contributed by atoms with Gasteiger partial charge in [-0.2, -0.15) is 0 Å². The number of esters is 1. The van der Waals surface area contributed by atoms with Gasteiger partial charge < -0.3 is 23.8 Å². The monoisotopic (exact) mass is 512 g/mol. The maximum absolute atomic E-state index is 13.1. The topological polar surface area (TPSA) is 86.3 Å². The molecule has 1 aromatic carbocycles. The van der Waals surface area contributed by atoms with E-state index >= 15 is 0 Å². The fourth-order valence-electron chi connectivity index (χ4n) is 3.20. The zero-order valence-electron chi connectivity index (χ0n) is 23.2. The van der Waals surface area contributed by atoms with Gasteiger partial charge in [0.15, 0.2) is 6.04 Å². The fraction of sp³-hybridized carbons (Fsp3) is 0.692. The molecular weight excluding hydrogens is 467 g/mol. The Morgan fingerprint density at radius 1 is 0.886 bits per heavy atom. The molecule has 8 nitrogen and oxygen atoms in total. The van der Waals surface area contributed by atoms with Crippen LogP contribution in [0.3, 0.4) is 0 Å². The highest BCUT2D eigenvalue weighted by atomic mass is 31.2. The Labute approximate surface area is 213 Å². The number of nitrogens with zero attached hydrogens (tertiary/aromatic N) is 1. The summed E-state index contributed by atoms with van der Waals surface area (Å²) in [6, 6.07) is 9.00. The standard InChI is InChI=1S/C26H45N2O6P/c1-18(2)28(19(3)4)35(31-17-21-15-13-12-14-16-21)34-20(5)22(23(29)32-25(6,7)8)27-24(30)33-26(9,10)11/h12-16,18-20,22H,17H2,1-11H3,(H,27,30)/t20-,22+,35?/m1/s1. The summed E-state index contributed by atoms with van der Waals surface area (Å²) < 4.78 is 25.8. The molecule has 0 heterocycles. The number of ether oxygens (including phenoxy) is 2. The first-order chi connectivity index (χ1) is 16.0. The van der Waals surface area contributed by atoms with Crippen molar-refractivity contribution in [1.29, 1.82) is 0 Å². The van der Waals surface area contributed by atoms with Crippen molar-refractivity contribution in [1.82, 2.24) is 9.99 Å². The van der Waals surface area contributed by atoms with E-state index < -0.39 is 43.9 Å². The van der Waals surface area contributed by atoms with Crippen LogP contribution in [0, 0.1) is 0 Å². The largest absolute Gasteiger partial charge is 0.458 e. The molecule has 0 fully saturated rings. The summed E-state index contributed by atoms with van der Waals surface area (Å²) in [5.41, 5.74) is -0.440. The van der Waals surface area contributed by atoms with Gasteiger partial charge in [-0.1, -0.05) is 30.3 Å². The molecule has 0 spiro atoms. The molecule has 1 unspecified atom stereocenters. The van der Waals surface area contributed by atoms with Crippen molar-refractivity contribution >= 4 is 20.6 Å². The minimum absolute atomic E-state index is 0.128. The van der Waals surface area contributed by atoms with Gasteiger partial charge >= 0.3 is 12.1 Å². The number of hydrogen-bond donors (Lipinski definition) is 1. The Morgan fingerprint density at radius 2 is 1.40 bits per heavy atom. The second-order valence-corrected chi connectivity index (χ2v) is 12.4. The number of benzene rings is 1. The van der Waals surface area contributed by atoms with E-state index in [9.17, 15) is 9.59 Å². The second-order valence-electron chi connectivity index (χ2n) is 11.0. The van der Waals surface area contributed by atoms with Crippen LogP contribution in [0.25, 0.3) is 0 Å². The maximum atomic E-state index is 13.1. The van der Waals surface area contributed by atoms with E-state index in [4.69, 9.17) is 18.5 Å². The number of alkyl carbamates (subject to hydrolysis) is 1. The normalized spacial score (nSPS) is 15.1. The van der Waals surface area contributed by atoms with Crippen LogP contribution in [0.2, 0.25) is 0 Å². The van der Waals surface area contributed by atoms with Crippen molar-refractivity contribution in [2.45, 2.75) is 118 Å².